The molecule has 0 saturated carbocycles. The molecule has 1 aromatic heterocycles. The highest BCUT2D eigenvalue weighted by atomic mass is 16.7. The summed E-state index contributed by atoms with van der Waals surface area (Å²) in [6.07, 6.45) is 2.10. The van der Waals surface area contributed by atoms with E-state index in [0.717, 1.165) is 54.9 Å². The van der Waals surface area contributed by atoms with Crippen molar-refractivity contribution in [1.29, 1.82) is 0 Å². The topological polar surface area (TPSA) is 34.6 Å². The molecule has 0 aliphatic carbocycles. The zero-order valence-corrected chi connectivity index (χ0v) is 14.1. The van der Waals surface area contributed by atoms with Gasteiger partial charge in [-0.15, -0.1) is 0 Å². The molecule has 3 heterocycles. The van der Waals surface area contributed by atoms with Gasteiger partial charge in [-0.2, -0.15) is 0 Å². The molecule has 25 heavy (non-hydrogen) atoms. The highest BCUT2D eigenvalue weighted by molar-refractivity contribution is 5.84. The smallest absolute Gasteiger partial charge is 0.231 e. The summed E-state index contributed by atoms with van der Waals surface area (Å²) in [5.41, 5.74) is 4.96. The summed E-state index contributed by atoms with van der Waals surface area (Å²) in [6, 6.07) is 17.0. The lowest BCUT2D eigenvalue weighted by Gasteiger charge is -2.28. The van der Waals surface area contributed by atoms with Gasteiger partial charge in [-0.25, -0.2) is 0 Å². The highest BCUT2D eigenvalue weighted by Gasteiger charge is 2.20. The van der Waals surface area contributed by atoms with Crippen LogP contribution in [0.1, 0.15) is 16.8 Å². The van der Waals surface area contributed by atoms with E-state index in [1.54, 1.807) is 0 Å². The van der Waals surface area contributed by atoms with Crippen molar-refractivity contribution in [3.05, 3.63) is 65.4 Å². The molecule has 126 valence electrons. The van der Waals surface area contributed by atoms with Crippen molar-refractivity contribution >= 4 is 10.9 Å². The van der Waals surface area contributed by atoms with Crippen LogP contribution in [0.25, 0.3) is 10.9 Å². The zero-order valence-electron chi connectivity index (χ0n) is 14.1. The average molecular weight is 332 g/mol. The molecule has 0 atom stereocenters. The van der Waals surface area contributed by atoms with E-state index in [4.69, 9.17) is 14.5 Å². The summed E-state index contributed by atoms with van der Waals surface area (Å²) in [4.78, 5) is 7.41. The van der Waals surface area contributed by atoms with Gasteiger partial charge in [0.1, 0.15) is 0 Å². The van der Waals surface area contributed by atoms with Crippen LogP contribution in [-0.4, -0.2) is 29.8 Å². The fourth-order valence-electron chi connectivity index (χ4n) is 3.71. The standard InChI is InChI=1S/C21H20N2O2/c1-2-4-15(5-3-1)6-8-23-9-7-18-17(13-23)10-16-11-20-21(25-14-24-20)12-19(16)22-18/h1-5,10-12H,6-9,13-14H2. The van der Waals surface area contributed by atoms with Gasteiger partial charge in [0.05, 0.1) is 5.52 Å². The monoisotopic (exact) mass is 332 g/mol. The van der Waals surface area contributed by atoms with Crippen molar-refractivity contribution in [2.75, 3.05) is 19.9 Å². The molecule has 0 N–H and O–H groups in total. The number of nitrogens with zero attached hydrogens (tertiary/aromatic N) is 2. The largest absolute Gasteiger partial charge is 0.454 e. The fourth-order valence-corrected chi connectivity index (χ4v) is 3.71. The van der Waals surface area contributed by atoms with Gasteiger partial charge in [0.15, 0.2) is 11.5 Å². The van der Waals surface area contributed by atoms with E-state index in [-0.39, 0.29) is 0 Å². The second-order valence-electron chi connectivity index (χ2n) is 6.75. The van der Waals surface area contributed by atoms with Crippen molar-refractivity contribution in [3.63, 3.8) is 0 Å². The van der Waals surface area contributed by atoms with E-state index in [9.17, 15) is 0 Å². The number of pyridine rings is 1. The second-order valence-corrected chi connectivity index (χ2v) is 6.75. The van der Waals surface area contributed by atoms with Gasteiger partial charge >= 0.3 is 0 Å². The molecule has 0 saturated heterocycles. The minimum absolute atomic E-state index is 0.304. The minimum atomic E-state index is 0.304. The second kappa shape index (κ2) is 6.05. The number of benzene rings is 2. The third-order valence-corrected chi connectivity index (χ3v) is 5.10. The summed E-state index contributed by atoms with van der Waals surface area (Å²) in [7, 11) is 0. The first-order chi connectivity index (χ1) is 12.3. The molecule has 4 nitrogen and oxygen atoms in total. The molecule has 0 radical (unpaired) electrons. The van der Waals surface area contributed by atoms with Crippen LogP contribution in [0.5, 0.6) is 11.5 Å². The summed E-state index contributed by atoms with van der Waals surface area (Å²) in [5, 5.41) is 1.13. The van der Waals surface area contributed by atoms with Crippen LogP contribution in [0.3, 0.4) is 0 Å². The Morgan fingerprint density at radius 3 is 2.72 bits per heavy atom. The first-order valence-electron chi connectivity index (χ1n) is 8.83. The van der Waals surface area contributed by atoms with Crippen molar-refractivity contribution in [3.8, 4) is 11.5 Å². The molecule has 3 aromatic rings. The van der Waals surface area contributed by atoms with Crippen LogP contribution in [0, 0.1) is 0 Å². The SMILES string of the molecule is c1ccc(CCN2CCc3nc4cc5c(cc4cc3C2)OCO5)cc1. The van der Waals surface area contributed by atoms with Crippen molar-refractivity contribution in [1.82, 2.24) is 9.88 Å². The Morgan fingerprint density at radius 2 is 1.84 bits per heavy atom. The summed E-state index contributed by atoms with van der Waals surface area (Å²) in [5.74, 6) is 1.63. The first-order valence-corrected chi connectivity index (χ1v) is 8.83. The van der Waals surface area contributed by atoms with E-state index < -0.39 is 0 Å². The number of hydrogen-bond acceptors (Lipinski definition) is 4. The van der Waals surface area contributed by atoms with Crippen LogP contribution < -0.4 is 9.47 Å². The fraction of sp³-hybridized carbons (Fsp3) is 0.286. The molecule has 4 heteroatoms. The van der Waals surface area contributed by atoms with E-state index in [2.05, 4.69) is 41.3 Å². The molecule has 2 aromatic carbocycles. The molecular formula is C21H20N2O2. The highest BCUT2D eigenvalue weighted by Crippen LogP contribution is 2.36. The van der Waals surface area contributed by atoms with Gasteiger partial charge in [-0.3, -0.25) is 9.88 Å². The van der Waals surface area contributed by atoms with Gasteiger partial charge in [-0.1, -0.05) is 30.3 Å². The number of aromatic nitrogens is 1. The van der Waals surface area contributed by atoms with Gasteiger partial charge < -0.3 is 9.47 Å². The zero-order chi connectivity index (χ0) is 16.6. The lowest BCUT2D eigenvalue weighted by molar-refractivity contribution is 0.174. The van der Waals surface area contributed by atoms with Gasteiger partial charge in [-0.05, 0) is 29.7 Å². The summed E-state index contributed by atoms with van der Waals surface area (Å²) >= 11 is 0. The van der Waals surface area contributed by atoms with Gasteiger partial charge in [0.2, 0.25) is 6.79 Å². The third-order valence-electron chi connectivity index (χ3n) is 5.10. The van der Waals surface area contributed by atoms with Crippen LogP contribution in [-0.2, 0) is 19.4 Å². The number of fused-ring (bicyclic) bond motifs is 3. The van der Waals surface area contributed by atoms with Crippen molar-refractivity contribution < 1.29 is 9.47 Å². The minimum Gasteiger partial charge on any atom is -0.454 e. The predicted octanol–water partition coefficient (Wildman–Crippen LogP) is 3.56. The maximum atomic E-state index is 5.50. The van der Waals surface area contributed by atoms with Crippen LogP contribution >= 0.6 is 0 Å². The van der Waals surface area contributed by atoms with E-state index >= 15 is 0 Å². The van der Waals surface area contributed by atoms with E-state index in [1.165, 1.54) is 16.8 Å². The van der Waals surface area contributed by atoms with Crippen molar-refractivity contribution in [2.45, 2.75) is 19.4 Å². The Labute approximate surface area is 147 Å². The van der Waals surface area contributed by atoms with Crippen LogP contribution in [0.4, 0.5) is 0 Å². The quantitative estimate of drug-likeness (QED) is 0.734. The molecule has 5 rings (SSSR count). The molecule has 0 unspecified atom stereocenters. The Kier molecular flexibility index (Phi) is 3.56. The van der Waals surface area contributed by atoms with Crippen LogP contribution in [0.2, 0.25) is 0 Å². The molecule has 2 aliphatic heterocycles. The van der Waals surface area contributed by atoms with Crippen molar-refractivity contribution in [2.24, 2.45) is 0 Å². The molecule has 0 fully saturated rings. The maximum absolute atomic E-state index is 5.50. The van der Waals surface area contributed by atoms with Gasteiger partial charge in [0, 0.05) is 43.2 Å². The Hall–Kier alpha value is -2.59. The molecule has 0 amide bonds. The number of hydrogen-bond donors (Lipinski definition) is 0. The molecular weight excluding hydrogens is 312 g/mol. The summed E-state index contributed by atoms with van der Waals surface area (Å²) in [6.45, 7) is 3.43. The lowest BCUT2D eigenvalue weighted by Crippen LogP contribution is -2.32. The first kappa shape index (κ1) is 14.7. The number of ether oxygens (including phenoxy) is 2. The predicted molar refractivity (Wildman–Crippen MR) is 97.0 cm³/mol. The Balaban J connectivity index is 1.37. The maximum Gasteiger partial charge on any atom is 0.231 e. The Morgan fingerprint density at radius 1 is 1.00 bits per heavy atom. The van der Waals surface area contributed by atoms with Crippen LogP contribution in [0.15, 0.2) is 48.5 Å². The normalized spacial score (nSPS) is 16.2. The third kappa shape index (κ3) is 2.83. The van der Waals surface area contributed by atoms with E-state index in [1.807, 2.05) is 12.1 Å². The lowest BCUT2D eigenvalue weighted by atomic mass is 10.0. The molecule has 0 spiro atoms. The summed E-state index contributed by atoms with van der Waals surface area (Å²) < 4.78 is 11.0. The molecule has 2 aliphatic rings. The molecule has 0 bridgehead atoms. The van der Waals surface area contributed by atoms with Gasteiger partial charge in [0.25, 0.3) is 0 Å². The number of rotatable bonds is 3. The average Bonchev–Trinajstić information content (AvgIpc) is 3.10. The Bertz CT molecular complexity index is 924. The van der Waals surface area contributed by atoms with E-state index in [0.29, 0.717) is 6.79 Å².